The summed E-state index contributed by atoms with van der Waals surface area (Å²) in [5, 5.41) is 3.64. The van der Waals surface area contributed by atoms with Crippen LogP contribution >= 0.6 is 0 Å². The van der Waals surface area contributed by atoms with Crippen molar-refractivity contribution in [3.8, 4) is 0 Å². The van der Waals surface area contributed by atoms with Gasteiger partial charge in [-0.2, -0.15) is 0 Å². The smallest absolute Gasteiger partial charge is 0.0235 e. The molecule has 2 saturated heterocycles. The number of piperidine rings is 1. The predicted octanol–water partition coefficient (Wildman–Crippen LogP) is 2.82. The average molecular weight is 296 g/mol. The molecule has 1 N–H and O–H groups in total. The molecule has 2 rings (SSSR count). The van der Waals surface area contributed by atoms with E-state index < -0.39 is 0 Å². The lowest BCUT2D eigenvalue weighted by Gasteiger charge is -2.34. The first kappa shape index (κ1) is 17.2. The van der Waals surface area contributed by atoms with Crippen LogP contribution in [-0.4, -0.2) is 61.7 Å². The molecular formula is C18H37N3. The summed E-state index contributed by atoms with van der Waals surface area (Å²) in [5.74, 6) is 0.746. The molecule has 0 aromatic heterocycles. The van der Waals surface area contributed by atoms with Crippen molar-refractivity contribution in [2.24, 2.45) is 11.3 Å². The van der Waals surface area contributed by atoms with E-state index in [1.165, 1.54) is 58.4 Å². The standard InChI is InChI=1S/C18H37N3/c1-16(2)12-19-14-18(3,4)15-20-11-8-17(13-20)21-9-6-5-7-10-21/h16-17,19H,5-15H2,1-4H3. The monoisotopic (exact) mass is 295 g/mol. The van der Waals surface area contributed by atoms with Crippen LogP contribution in [0.4, 0.5) is 0 Å². The number of rotatable bonds is 7. The number of nitrogens with zero attached hydrogens (tertiary/aromatic N) is 2. The van der Waals surface area contributed by atoms with E-state index in [-0.39, 0.29) is 0 Å². The van der Waals surface area contributed by atoms with Crippen LogP contribution in [0.1, 0.15) is 53.4 Å². The topological polar surface area (TPSA) is 18.5 Å². The highest BCUT2D eigenvalue weighted by Gasteiger charge is 2.31. The molecule has 0 amide bonds. The summed E-state index contributed by atoms with van der Waals surface area (Å²) in [4.78, 5) is 5.46. The van der Waals surface area contributed by atoms with Gasteiger partial charge in [0.15, 0.2) is 0 Å². The summed E-state index contributed by atoms with van der Waals surface area (Å²) in [5.41, 5.74) is 0.381. The Labute approximate surface area is 132 Å². The third kappa shape index (κ3) is 5.88. The minimum Gasteiger partial charge on any atom is -0.316 e. The van der Waals surface area contributed by atoms with E-state index in [9.17, 15) is 0 Å². The maximum atomic E-state index is 3.64. The van der Waals surface area contributed by atoms with E-state index in [2.05, 4.69) is 42.8 Å². The second-order valence-electron chi connectivity index (χ2n) is 8.46. The quantitative estimate of drug-likeness (QED) is 0.779. The summed E-state index contributed by atoms with van der Waals surface area (Å²) in [6, 6.07) is 0.838. The Morgan fingerprint density at radius 2 is 1.81 bits per heavy atom. The van der Waals surface area contributed by atoms with Gasteiger partial charge in [-0.15, -0.1) is 0 Å². The van der Waals surface area contributed by atoms with Crippen LogP contribution in [0.15, 0.2) is 0 Å². The summed E-state index contributed by atoms with van der Waals surface area (Å²) in [7, 11) is 0. The summed E-state index contributed by atoms with van der Waals surface area (Å²) >= 11 is 0. The van der Waals surface area contributed by atoms with Gasteiger partial charge in [0.1, 0.15) is 0 Å². The first-order chi connectivity index (χ1) is 9.96. The SMILES string of the molecule is CC(C)CNCC(C)(C)CN1CCC(N2CCCCC2)C1. The van der Waals surface area contributed by atoms with E-state index in [0.29, 0.717) is 5.41 Å². The van der Waals surface area contributed by atoms with E-state index in [1.54, 1.807) is 0 Å². The van der Waals surface area contributed by atoms with Crippen molar-refractivity contribution in [1.82, 2.24) is 15.1 Å². The molecule has 0 aromatic rings. The van der Waals surface area contributed by atoms with E-state index in [1.807, 2.05) is 0 Å². The highest BCUT2D eigenvalue weighted by molar-refractivity contribution is 4.87. The van der Waals surface area contributed by atoms with Gasteiger partial charge in [-0.05, 0) is 56.8 Å². The van der Waals surface area contributed by atoms with Gasteiger partial charge < -0.3 is 10.2 Å². The van der Waals surface area contributed by atoms with Crippen LogP contribution in [0.3, 0.4) is 0 Å². The first-order valence-corrected chi connectivity index (χ1v) is 9.13. The molecule has 1 atom stereocenters. The summed E-state index contributed by atoms with van der Waals surface area (Å²) < 4.78 is 0. The largest absolute Gasteiger partial charge is 0.316 e. The van der Waals surface area contributed by atoms with Crippen molar-refractivity contribution in [2.45, 2.75) is 59.4 Å². The minimum atomic E-state index is 0.381. The van der Waals surface area contributed by atoms with E-state index >= 15 is 0 Å². The Balaban J connectivity index is 1.70. The van der Waals surface area contributed by atoms with Crippen molar-refractivity contribution in [1.29, 1.82) is 0 Å². The van der Waals surface area contributed by atoms with Crippen LogP contribution in [0.5, 0.6) is 0 Å². The average Bonchev–Trinajstić information content (AvgIpc) is 2.86. The zero-order valence-electron chi connectivity index (χ0n) is 14.8. The Morgan fingerprint density at radius 1 is 1.10 bits per heavy atom. The molecule has 3 nitrogen and oxygen atoms in total. The van der Waals surface area contributed by atoms with Crippen LogP contribution in [0.25, 0.3) is 0 Å². The second-order valence-corrected chi connectivity index (χ2v) is 8.46. The first-order valence-electron chi connectivity index (χ1n) is 9.13. The fourth-order valence-electron chi connectivity index (χ4n) is 3.90. The van der Waals surface area contributed by atoms with Crippen LogP contribution < -0.4 is 5.32 Å². The van der Waals surface area contributed by atoms with E-state index in [4.69, 9.17) is 0 Å². The molecule has 124 valence electrons. The Hall–Kier alpha value is -0.120. The fraction of sp³-hybridized carbons (Fsp3) is 1.00. The molecule has 0 aliphatic carbocycles. The van der Waals surface area contributed by atoms with Gasteiger partial charge >= 0.3 is 0 Å². The van der Waals surface area contributed by atoms with Crippen LogP contribution in [0, 0.1) is 11.3 Å². The number of hydrogen-bond donors (Lipinski definition) is 1. The van der Waals surface area contributed by atoms with Crippen molar-refractivity contribution in [2.75, 3.05) is 45.8 Å². The van der Waals surface area contributed by atoms with Gasteiger partial charge in [0.25, 0.3) is 0 Å². The van der Waals surface area contributed by atoms with Crippen molar-refractivity contribution in [3.63, 3.8) is 0 Å². The fourth-order valence-corrected chi connectivity index (χ4v) is 3.90. The van der Waals surface area contributed by atoms with Crippen molar-refractivity contribution in [3.05, 3.63) is 0 Å². The molecule has 2 aliphatic rings. The number of hydrogen-bond acceptors (Lipinski definition) is 3. The summed E-state index contributed by atoms with van der Waals surface area (Å²) in [6.07, 6.45) is 5.67. The lowest BCUT2D eigenvalue weighted by atomic mass is 9.92. The van der Waals surface area contributed by atoms with Gasteiger partial charge in [-0.1, -0.05) is 34.1 Å². The molecule has 2 aliphatic heterocycles. The third-order valence-electron chi connectivity index (χ3n) is 4.96. The van der Waals surface area contributed by atoms with Gasteiger partial charge in [0.2, 0.25) is 0 Å². The van der Waals surface area contributed by atoms with Crippen LogP contribution in [0.2, 0.25) is 0 Å². The van der Waals surface area contributed by atoms with Crippen molar-refractivity contribution >= 4 is 0 Å². The molecule has 2 heterocycles. The molecule has 0 aromatic carbocycles. The minimum absolute atomic E-state index is 0.381. The zero-order chi connectivity index (χ0) is 15.3. The van der Waals surface area contributed by atoms with Gasteiger partial charge in [0.05, 0.1) is 0 Å². The second kappa shape index (κ2) is 7.94. The highest BCUT2D eigenvalue weighted by atomic mass is 15.3. The van der Waals surface area contributed by atoms with Crippen molar-refractivity contribution < 1.29 is 0 Å². The maximum Gasteiger partial charge on any atom is 0.0235 e. The molecule has 1 unspecified atom stereocenters. The molecule has 0 radical (unpaired) electrons. The molecule has 21 heavy (non-hydrogen) atoms. The zero-order valence-corrected chi connectivity index (χ0v) is 14.8. The Morgan fingerprint density at radius 3 is 2.48 bits per heavy atom. The number of likely N-dealkylation sites (tertiary alicyclic amines) is 2. The Kier molecular flexibility index (Phi) is 6.51. The lowest BCUT2D eigenvalue weighted by Crippen LogP contribution is -2.43. The molecule has 2 fully saturated rings. The van der Waals surface area contributed by atoms with Gasteiger partial charge in [0, 0.05) is 25.7 Å². The molecular weight excluding hydrogens is 258 g/mol. The lowest BCUT2D eigenvalue weighted by molar-refractivity contribution is 0.148. The molecule has 0 saturated carbocycles. The van der Waals surface area contributed by atoms with Gasteiger partial charge in [-0.25, -0.2) is 0 Å². The predicted molar refractivity (Wildman–Crippen MR) is 91.8 cm³/mol. The normalized spacial score (nSPS) is 25.9. The summed E-state index contributed by atoms with van der Waals surface area (Å²) in [6.45, 7) is 18.2. The molecule has 3 heteroatoms. The molecule has 0 spiro atoms. The third-order valence-corrected chi connectivity index (χ3v) is 4.96. The highest BCUT2D eigenvalue weighted by Crippen LogP contribution is 2.24. The maximum absolute atomic E-state index is 3.64. The van der Waals surface area contributed by atoms with Gasteiger partial charge in [-0.3, -0.25) is 4.90 Å². The number of nitrogens with one attached hydrogen (secondary N) is 1. The Bertz CT molecular complexity index is 295. The van der Waals surface area contributed by atoms with Crippen LogP contribution in [-0.2, 0) is 0 Å². The molecule has 0 bridgehead atoms. The van der Waals surface area contributed by atoms with E-state index in [0.717, 1.165) is 25.0 Å².